The number of aromatic nitrogens is 1. The molecular formula is C9H10NO. The van der Waals surface area contributed by atoms with Crippen LogP contribution in [0.4, 0.5) is 0 Å². The second-order valence-electron chi connectivity index (χ2n) is 2.58. The Labute approximate surface area is 66.3 Å². The molecule has 0 N–H and O–H groups in total. The number of pyridine rings is 1. The molecule has 1 rings (SSSR count). The number of carbonyl (C=O) groups is 1. The zero-order valence-electron chi connectivity index (χ0n) is 6.50. The standard InChI is InChI=1S/C9H10NO/c1-7-3-9(4-8(2)11)6-10-5-7/h3,5-6H,1,4H2,2H3. The van der Waals surface area contributed by atoms with E-state index in [9.17, 15) is 4.79 Å². The Morgan fingerprint density at radius 1 is 1.64 bits per heavy atom. The van der Waals surface area contributed by atoms with Gasteiger partial charge in [-0.05, 0) is 25.0 Å². The molecule has 0 saturated carbocycles. The number of ketones is 1. The van der Waals surface area contributed by atoms with Crippen LogP contribution in [0.25, 0.3) is 0 Å². The average molecular weight is 148 g/mol. The van der Waals surface area contributed by atoms with E-state index in [1.807, 2.05) is 6.07 Å². The quantitative estimate of drug-likeness (QED) is 0.634. The van der Waals surface area contributed by atoms with E-state index in [0.29, 0.717) is 6.42 Å². The minimum absolute atomic E-state index is 0.150. The summed E-state index contributed by atoms with van der Waals surface area (Å²) in [5.41, 5.74) is 1.79. The third-order valence-corrected chi connectivity index (χ3v) is 1.30. The molecule has 1 aromatic heterocycles. The number of carbonyl (C=O) groups excluding carboxylic acids is 1. The predicted molar refractivity (Wildman–Crippen MR) is 43.1 cm³/mol. The average Bonchev–Trinajstić information content (AvgIpc) is 1.85. The summed E-state index contributed by atoms with van der Waals surface area (Å²) in [5.74, 6) is 0.150. The molecule has 2 nitrogen and oxygen atoms in total. The van der Waals surface area contributed by atoms with E-state index >= 15 is 0 Å². The molecule has 1 aromatic rings. The largest absolute Gasteiger partial charge is 0.300 e. The van der Waals surface area contributed by atoms with Crippen molar-refractivity contribution in [2.75, 3.05) is 0 Å². The van der Waals surface area contributed by atoms with Crippen molar-refractivity contribution in [3.05, 3.63) is 36.5 Å². The van der Waals surface area contributed by atoms with Crippen LogP contribution in [0.1, 0.15) is 18.1 Å². The Morgan fingerprint density at radius 2 is 2.36 bits per heavy atom. The Bertz CT molecular complexity index is 268. The number of Topliss-reactive ketones (excluding diaryl/α,β-unsaturated/α-hetero) is 1. The van der Waals surface area contributed by atoms with Gasteiger partial charge in [0.15, 0.2) is 0 Å². The lowest BCUT2D eigenvalue weighted by molar-refractivity contribution is -0.116. The molecule has 0 aromatic carbocycles. The fourth-order valence-electron chi connectivity index (χ4n) is 0.926. The van der Waals surface area contributed by atoms with Crippen LogP contribution in [0.2, 0.25) is 0 Å². The minimum Gasteiger partial charge on any atom is -0.300 e. The molecule has 0 spiro atoms. The van der Waals surface area contributed by atoms with Crippen molar-refractivity contribution in [1.82, 2.24) is 4.98 Å². The summed E-state index contributed by atoms with van der Waals surface area (Å²) in [6.07, 6.45) is 3.82. The molecule has 0 atom stereocenters. The minimum atomic E-state index is 0.150. The van der Waals surface area contributed by atoms with Crippen molar-refractivity contribution < 1.29 is 4.79 Å². The van der Waals surface area contributed by atoms with Gasteiger partial charge in [0, 0.05) is 18.8 Å². The molecule has 0 aliphatic carbocycles. The lowest BCUT2D eigenvalue weighted by atomic mass is 10.1. The van der Waals surface area contributed by atoms with E-state index in [1.165, 1.54) is 0 Å². The Kier molecular flexibility index (Phi) is 2.36. The third-order valence-electron chi connectivity index (χ3n) is 1.30. The van der Waals surface area contributed by atoms with E-state index in [1.54, 1.807) is 19.3 Å². The molecule has 0 amide bonds. The van der Waals surface area contributed by atoms with Gasteiger partial charge in [-0.15, -0.1) is 0 Å². The van der Waals surface area contributed by atoms with Crippen molar-refractivity contribution in [3.8, 4) is 0 Å². The number of nitrogens with zero attached hydrogens (tertiary/aromatic N) is 1. The normalized spacial score (nSPS) is 9.64. The lowest BCUT2D eigenvalue weighted by Crippen LogP contribution is -1.96. The number of hydrogen-bond donors (Lipinski definition) is 0. The summed E-state index contributed by atoms with van der Waals surface area (Å²) in [6, 6.07) is 1.87. The zero-order chi connectivity index (χ0) is 8.27. The van der Waals surface area contributed by atoms with E-state index < -0.39 is 0 Å². The van der Waals surface area contributed by atoms with E-state index in [0.717, 1.165) is 11.1 Å². The van der Waals surface area contributed by atoms with Gasteiger partial charge in [0.25, 0.3) is 0 Å². The Balaban J connectivity index is 2.79. The van der Waals surface area contributed by atoms with Gasteiger partial charge in [0.2, 0.25) is 0 Å². The highest BCUT2D eigenvalue weighted by molar-refractivity contribution is 5.78. The topological polar surface area (TPSA) is 30.0 Å². The molecule has 11 heavy (non-hydrogen) atoms. The van der Waals surface area contributed by atoms with Crippen molar-refractivity contribution in [2.24, 2.45) is 0 Å². The smallest absolute Gasteiger partial charge is 0.134 e. The highest BCUT2D eigenvalue weighted by atomic mass is 16.1. The fourth-order valence-corrected chi connectivity index (χ4v) is 0.926. The molecule has 57 valence electrons. The second kappa shape index (κ2) is 3.28. The molecule has 0 aliphatic rings. The first kappa shape index (κ1) is 7.92. The summed E-state index contributed by atoms with van der Waals surface area (Å²) in [4.78, 5) is 14.6. The molecular weight excluding hydrogens is 138 g/mol. The molecule has 1 radical (unpaired) electrons. The van der Waals surface area contributed by atoms with E-state index in [4.69, 9.17) is 0 Å². The van der Waals surface area contributed by atoms with Gasteiger partial charge < -0.3 is 0 Å². The Hall–Kier alpha value is -1.18. The first-order valence-corrected chi connectivity index (χ1v) is 3.44. The summed E-state index contributed by atoms with van der Waals surface area (Å²) >= 11 is 0. The maximum atomic E-state index is 10.7. The van der Waals surface area contributed by atoms with Crippen LogP contribution >= 0.6 is 0 Å². The Morgan fingerprint density at radius 3 is 2.91 bits per heavy atom. The molecule has 2 heteroatoms. The van der Waals surface area contributed by atoms with Gasteiger partial charge >= 0.3 is 0 Å². The van der Waals surface area contributed by atoms with Crippen LogP contribution in [-0.4, -0.2) is 10.8 Å². The van der Waals surface area contributed by atoms with Gasteiger partial charge in [-0.1, -0.05) is 6.07 Å². The van der Waals surface area contributed by atoms with Gasteiger partial charge in [-0.3, -0.25) is 9.78 Å². The molecule has 0 saturated heterocycles. The van der Waals surface area contributed by atoms with Crippen LogP contribution in [0, 0.1) is 6.92 Å². The summed E-state index contributed by atoms with van der Waals surface area (Å²) in [5, 5.41) is 0. The van der Waals surface area contributed by atoms with Gasteiger partial charge in [0.05, 0.1) is 0 Å². The summed E-state index contributed by atoms with van der Waals surface area (Å²) in [7, 11) is 0. The van der Waals surface area contributed by atoms with Gasteiger partial charge in [-0.2, -0.15) is 0 Å². The highest BCUT2D eigenvalue weighted by Crippen LogP contribution is 2.01. The maximum absolute atomic E-state index is 10.7. The number of hydrogen-bond acceptors (Lipinski definition) is 2. The third kappa shape index (κ3) is 2.50. The van der Waals surface area contributed by atoms with Gasteiger partial charge in [-0.25, -0.2) is 0 Å². The first-order valence-electron chi connectivity index (χ1n) is 3.44. The van der Waals surface area contributed by atoms with Crippen LogP contribution < -0.4 is 0 Å². The van der Waals surface area contributed by atoms with Crippen LogP contribution in [0.3, 0.4) is 0 Å². The van der Waals surface area contributed by atoms with Gasteiger partial charge in [0.1, 0.15) is 5.78 Å². The van der Waals surface area contributed by atoms with Crippen molar-refractivity contribution in [3.63, 3.8) is 0 Å². The lowest BCUT2D eigenvalue weighted by Gasteiger charge is -1.96. The number of rotatable bonds is 2. The predicted octanol–water partition coefficient (Wildman–Crippen LogP) is 1.40. The molecule has 0 fully saturated rings. The molecule has 0 unspecified atom stereocenters. The van der Waals surface area contributed by atoms with Crippen molar-refractivity contribution in [1.29, 1.82) is 0 Å². The van der Waals surface area contributed by atoms with Crippen LogP contribution in [0.15, 0.2) is 18.5 Å². The van der Waals surface area contributed by atoms with Crippen LogP contribution in [-0.2, 0) is 11.2 Å². The monoisotopic (exact) mass is 148 g/mol. The summed E-state index contributed by atoms with van der Waals surface area (Å²) in [6.45, 7) is 5.28. The molecule has 1 heterocycles. The summed E-state index contributed by atoms with van der Waals surface area (Å²) < 4.78 is 0. The van der Waals surface area contributed by atoms with Crippen molar-refractivity contribution in [2.45, 2.75) is 13.3 Å². The molecule has 0 bridgehead atoms. The molecule has 0 aliphatic heterocycles. The highest BCUT2D eigenvalue weighted by Gasteiger charge is 1.96. The van der Waals surface area contributed by atoms with E-state index in [2.05, 4.69) is 11.9 Å². The maximum Gasteiger partial charge on any atom is 0.134 e. The fraction of sp³-hybridized carbons (Fsp3) is 0.222. The van der Waals surface area contributed by atoms with Crippen LogP contribution in [0.5, 0.6) is 0 Å². The van der Waals surface area contributed by atoms with Crippen molar-refractivity contribution >= 4 is 5.78 Å². The zero-order valence-corrected chi connectivity index (χ0v) is 6.50. The second-order valence-corrected chi connectivity index (χ2v) is 2.58. The van der Waals surface area contributed by atoms with E-state index in [-0.39, 0.29) is 5.78 Å². The first-order chi connectivity index (χ1) is 5.18. The SMILES string of the molecule is [CH2]c1cncc(CC(C)=O)c1.